The Hall–Kier alpha value is -1.60. The maximum Gasteiger partial charge on any atom is 0.331 e. The number of aliphatic hydroxyl groups excluding tert-OH is 4. The maximum atomic E-state index is 13.2. The average molecular weight is 741 g/mol. The number of aliphatic hydroxyl groups is 6. The van der Waals surface area contributed by atoms with Crippen molar-refractivity contribution in [3.8, 4) is 0 Å². The maximum absolute atomic E-state index is 13.2. The van der Waals surface area contributed by atoms with Gasteiger partial charge in [0.25, 0.3) is 0 Å². The number of fused-ring (bicyclic) bond motifs is 5. The van der Waals surface area contributed by atoms with Gasteiger partial charge in [0.1, 0.15) is 55.6 Å². The molecule has 52 heavy (non-hydrogen) atoms. The number of carbonyl (C=O) groups is 2. The fraction of sp³-hybridized carbons (Fsp3) is 0.892. The molecule has 0 bridgehead atoms. The molecule has 15 heteroatoms. The molecule has 0 aromatic rings. The van der Waals surface area contributed by atoms with Gasteiger partial charge in [0.05, 0.1) is 35.4 Å². The minimum atomic E-state index is -1.64. The number of hydrogen-bond acceptors (Lipinski definition) is 15. The quantitative estimate of drug-likeness (QED) is 0.103. The third kappa shape index (κ3) is 5.84. The number of ether oxygens (including phenoxy) is 7. The lowest BCUT2D eigenvalue weighted by molar-refractivity contribution is -0.341. The van der Waals surface area contributed by atoms with Gasteiger partial charge in [0.2, 0.25) is 0 Å². The third-order valence-electron chi connectivity index (χ3n) is 14.6. The number of carbonyl (C=O) groups excluding carboxylic acids is 2. The number of aldehydes is 1. The van der Waals surface area contributed by atoms with Gasteiger partial charge in [-0.05, 0) is 81.6 Å². The fourth-order valence-electron chi connectivity index (χ4n) is 11.6. The Kier molecular flexibility index (Phi) is 10.5. The molecule has 6 N–H and O–H groups in total. The predicted molar refractivity (Wildman–Crippen MR) is 177 cm³/mol. The monoisotopic (exact) mass is 740 g/mol. The van der Waals surface area contributed by atoms with Crippen LogP contribution in [0.1, 0.15) is 71.6 Å². The van der Waals surface area contributed by atoms with E-state index in [1.807, 2.05) is 0 Å². The first kappa shape index (κ1) is 38.7. The van der Waals surface area contributed by atoms with Crippen molar-refractivity contribution in [2.24, 2.45) is 28.6 Å². The Morgan fingerprint density at radius 3 is 2.27 bits per heavy atom. The first-order chi connectivity index (χ1) is 24.7. The van der Waals surface area contributed by atoms with Crippen LogP contribution >= 0.6 is 0 Å². The molecule has 0 unspecified atom stereocenters. The molecule has 6 fully saturated rings. The summed E-state index contributed by atoms with van der Waals surface area (Å²) in [6.07, 6.45) is -5.65. The lowest BCUT2D eigenvalue weighted by atomic mass is 9.41. The molecule has 3 heterocycles. The highest BCUT2D eigenvalue weighted by Crippen LogP contribution is 2.70. The summed E-state index contributed by atoms with van der Waals surface area (Å²) in [5.41, 5.74) is -3.20. The molecule has 4 aliphatic carbocycles. The highest BCUT2D eigenvalue weighted by molar-refractivity contribution is 5.85. The number of rotatable bonds is 9. The molecule has 7 aliphatic rings. The Balaban J connectivity index is 1.03. The summed E-state index contributed by atoms with van der Waals surface area (Å²) in [6.45, 7) is 3.71. The van der Waals surface area contributed by atoms with Crippen molar-refractivity contribution in [2.45, 2.75) is 150 Å². The smallest absolute Gasteiger partial charge is 0.331 e. The molecular weight excluding hydrogens is 684 g/mol. The van der Waals surface area contributed by atoms with Crippen LogP contribution in [0.25, 0.3) is 0 Å². The molecule has 4 saturated carbocycles. The molecule has 3 aliphatic heterocycles. The standard InChI is InChI=1S/C37H56O15/c1-18-26(40)30(46-3)31(47-4)33(50-18)49-16-24-27(41)28(42)29(43)32(52-24)51-20-5-10-35(17-38)22-6-9-34(2)21(19-13-25(39)48-15-19)8-12-37(34,45)23(22)7-11-36(35,44)14-20/h13,17-18,20-24,26-33,40-45H,5-12,14-16H2,1-4H3/t18-,20-,21-,22+,23-,24-,26-,27-,28+,29-,30-,31+,32-,33+,34-,35+,36+,37-/m0/s1. The van der Waals surface area contributed by atoms with Gasteiger partial charge in [-0.2, -0.15) is 0 Å². The van der Waals surface area contributed by atoms with Gasteiger partial charge in [0.15, 0.2) is 12.6 Å². The lowest BCUT2D eigenvalue weighted by Gasteiger charge is -2.65. The van der Waals surface area contributed by atoms with Crippen molar-refractivity contribution >= 4 is 12.3 Å². The molecule has 18 atom stereocenters. The molecule has 0 aromatic heterocycles. The largest absolute Gasteiger partial charge is 0.458 e. The van der Waals surface area contributed by atoms with Crippen molar-refractivity contribution < 1.29 is 73.4 Å². The molecule has 0 spiro atoms. The fourth-order valence-corrected chi connectivity index (χ4v) is 11.6. The molecule has 15 nitrogen and oxygen atoms in total. The van der Waals surface area contributed by atoms with E-state index in [-0.39, 0.29) is 49.8 Å². The highest BCUT2D eigenvalue weighted by atomic mass is 16.7. The summed E-state index contributed by atoms with van der Waals surface area (Å²) in [7, 11) is 2.86. The minimum absolute atomic E-state index is 0.00220. The van der Waals surface area contributed by atoms with E-state index in [9.17, 15) is 40.2 Å². The van der Waals surface area contributed by atoms with Crippen LogP contribution in [0.3, 0.4) is 0 Å². The number of cyclic esters (lactones) is 1. The molecule has 0 aromatic carbocycles. The van der Waals surface area contributed by atoms with Crippen molar-refractivity contribution in [3.05, 3.63) is 11.6 Å². The van der Waals surface area contributed by atoms with Crippen molar-refractivity contribution in [1.82, 2.24) is 0 Å². The van der Waals surface area contributed by atoms with E-state index in [2.05, 4.69) is 6.92 Å². The molecule has 2 saturated heterocycles. The van der Waals surface area contributed by atoms with Crippen LogP contribution in [0.15, 0.2) is 11.6 Å². The normalized spacial score (nSPS) is 53.3. The molecule has 294 valence electrons. The van der Waals surface area contributed by atoms with E-state index in [0.29, 0.717) is 38.5 Å². The van der Waals surface area contributed by atoms with E-state index in [1.54, 1.807) is 13.0 Å². The second kappa shape index (κ2) is 14.2. The summed E-state index contributed by atoms with van der Waals surface area (Å²) in [5.74, 6) is -0.820. The topological polar surface area (TPSA) is 220 Å². The summed E-state index contributed by atoms with van der Waals surface area (Å²) < 4.78 is 40.1. The van der Waals surface area contributed by atoms with Crippen LogP contribution in [0.4, 0.5) is 0 Å². The van der Waals surface area contributed by atoms with Crippen molar-refractivity contribution in [3.63, 3.8) is 0 Å². The number of methoxy groups -OCH3 is 2. The van der Waals surface area contributed by atoms with E-state index < -0.39 is 89.5 Å². The van der Waals surface area contributed by atoms with Crippen LogP contribution in [0, 0.1) is 28.6 Å². The Bertz CT molecular complexity index is 1380. The van der Waals surface area contributed by atoms with Gasteiger partial charge in [-0.3, -0.25) is 0 Å². The zero-order valence-corrected chi connectivity index (χ0v) is 30.4. The zero-order chi connectivity index (χ0) is 37.4. The first-order valence-corrected chi connectivity index (χ1v) is 18.8. The second-order valence-corrected chi connectivity index (χ2v) is 16.7. The zero-order valence-electron chi connectivity index (χ0n) is 30.4. The summed E-state index contributed by atoms with van der Waals surface area (Å²) in [6, 6.07) is 0. The third-order valence-corrected chi connectivity index (χ3v) is 14.6. The average Bonchev–Trinajstić information content (AvgIpc) is 3.67. The van der Waals surface area contributed by atoms with Crippen LogP contribution in [-0.4, -0.2) is 149 Å². The van der Waals surface area contributed by atoms with Crippen molar-refractivity contribution in [2.75, 3.05) is 27.4 Å². The van der Waals surface area contributed by atoms with Crippen LogP contribution in [0.5, 0.6) is 0 Å². The Morgan fingerprint density at radius 1 is 0.865 bits per heavy atom. The second-order valence-electron chi connectivity index (χ2n) is 16.7. The van der Waals surface area contributed by atoms with E-state index in [0.717, 1.165) is 18.3 Å². The summed E-state index contributed by atoms with van der Waals surface area (Å²) in [5, 5.41) is 67.9. The minimum Gasteiger partial charge on any atom is -0.458 e. The van der Waals surface area contributed by atoms with Crippen molar-refractivity contribution in [1.29, 1.82) is 0 Å². The van der Waals surface area contributed by atoms with Crippen LogP contribution in [0.2, 0.25) is 0 Å². The molecule has 0 amide bonds. The SMILES string of the molecule is CO[C@H]1[C@H](OC[C@@H]2O[C@H](O[C@H]3CC[C@@]4(C=O)[C@@H]5CC[C@@]6(C)[C@H](C7=CC(=O)OC7)CC[C@]6(O)[C@H]5CC[C@@]4(O)C3)[C@@H](O)[C@H](O)[C@H]2O)O[C@@H](C)[C@H](O)[C@@H]1OC. The van der Waals surface area contributed by atoms with E-state index in [1.165, 1.54) is 14.2 Å². The summed E-state index contributed by atoms with van der Waals surface area (Å²) in [4.78, 5) is 25.1. The summed E-state index contributed by atoms with van der Waals surface area (Å²) >= 11 is 0. The van der Waals surface area contributed by atoms with Crippen LogP contribution < -0.4 is 0 Å². The predicted octanol–water partition coefficient (Wildman–Crippen LogP) is -0.118. The van der Waals surface area contributed by atoms with Gasteiger partial charge in [-0.25, -0.2) is 4.79 Å². The van der Waals surface area contributed by atoms with Gasteiger partial charge >= 0.3 is 5.97 Å². The first-order valence-electron chi connectivity index (χ1n) is 18.8. The lowest BCUT2D eigenvalue weighted by Crippen LogP contribution is -2.69. The molecular formula is C37H56O15. The van der Waals surface area contributed by atoms with Gasteiger partial charge in [-0.1, -0.05) is 6.92 Å². The molecule has 0 radical (unpaired) electrons. The van der Waals surface area contributed by atoms with Crippen LogP contribution in [-0.2, 0) is 42.7 Å². The van der Waals surface area contributed by atoms with Gasteiger partial charge < -0.3 is 68.6 Å². The van der Waals surface area contributed by atoms with E-state index in [4.69, 9.17) is 33.2 Å². The number of esters is 1. The Labute approximate surface area is 303 Å². The number of hydrogen-bond donors (Lipinski definition) is 6. The van der Waals surface area contributed by atoms with Gasteiger partial charge in [-0.15, -0.1) is 0 Å². The van der Waals surface area contributed by atoms with E-state index >= 15 is 0 Å². The molecule has 7 rings (SSSR count). The van der Waals surface area contributed by atoms with Gasteiger partial charge in [0, 0.05) is 32.1 Å². The highest BCUT2D eigenvalue weighted by Gasteiger charge is 2.71. The Morgan fingerprint density at radius 2 is 1.60 bits per heavy atom.